The first-order chi connectivity index (χ1) is 14.8. The first-order valence-corrected chi connectivity index (χ1v) is 10.1. The Bertz CT molecular complexity index is 1040. The van der Waals surface area contributed by atoms with Crippen molar-refractivity contribution in [2.45, 2.75) is 46.3 Å². The highest BCUT2D eigenvalue weighted by atomic mass is 19.1. The molecule has 0 aromatic heterocycles. The summed E-state index contributed by atoms with van der Waals surface area (Å²) >= 11 is 0. The number of hydrogen-bond acceptors (Lipinski definition) is 5. The highest BCUT2D eigenvalue weighted by Gasteiger charge is 2.31. The van der Waals surface area contributed by atoms with Crippen molar-refractivity contribution >= 4 is 11.9 Å². The third kappa shape index (κ3) is 5.05. The Morgan fingerprint density at radius 2 is 2.13 bits per heavy atom. The molecule has 0 radical (unpaired) electrons. The predicted octanol–water partition coefficient (Wildman–Crippen LogP) is 4.10. The van der Waals surface area contributed by atoms with E-state index in [0.29, 0.717) is 35.3 Å². The Morgan fingerprint density at radius 1 is 1.35 bits per heavy atom. The second-order valence-corrected chi connectivity index (χ2v) is 7.58. The first-order valence-electron chi connectivity index (χ1n) is 10.1. The Labute approximate surface area is 180 Å². The number of benzene rings is 2. The number of carbonyl (C=O) groups is 2. The van der Waals surface area contributed by atoms with Gasteiger partial charge in [-0.2, -0.15) is 0 Å². The van der Waals surface area contributed by atoms with Gasteiger partial charge in [0.15, 0.2) is 0 Å². The van der Waals surface area contributed by atoms with Crippen LogP contribution in [-0.4, -0.2) is 24.1 Å². The number of allylic oxidation sites excluding steroid dienone is 2. The van der Waals surface area contributed by atoms with Crippen LogP contribution in [0.3, 0.4) is 0 Å². The Balaban J connectivity index is 1.62. The zero-order chi connectivity index (χ0) is 22.5. The van der Waals surface area contributed by atoms with Crippen LogP contribution in [0, 0.1) is 12.7 Å². The second-order valence-electron chi connectivity index (χ2n) is 7.58. The van der Waals surface area contributed by atoms with Gasteiger partial charge in [-0.3, -0.25) is 4.79 Å². The van der Waals surface area contributed by atoms with Gasteiger partial charge in [0, 0.05) is 24.1 Å². The number of esters is 1. The van der Waals surface area contributed by atoms with Gasteiger partial charge in [-0.15, -0.1) is 0 Å². The number of aromatic hydroxyl groups is 1. The number of nitrogens with one attached hydrogen (secondary N) is 1. The van der Waals surface area contributed by atoms with E-state index in [2.05, 4.69) is 5.32 Å². The molecule has 2 N–H and O–H groups in total. The maximum atomic E-state index is 13.2. The van der Waals surface area contributed by atoms with Gasteiger partial charge in [0.05, 0.1) is 7.11 Å². The molecule has 0 atom stereocenters. The van der Waals surface area contributed by atoms with Crippen LogP contribution in [0.5, 0.6) is 11.5 Å². The van der Waals surface area contributed by atoms with Crippen molar-refractivity contribution in [3.05, 3.63) is 69.5 Å². The van der Waals surface area contributed by atoms with E-state index in [9.17, 15) is 19.1 Å². The van der Waals surface area contributed by atoms with E-state index in [1.807, 2.05) is 19.9 Å². The number of hydrogen-bond donors (Lipinski definition) is 2. The average Bonchev–Trinajstić information content (AvgIpc) is 3.14. The van der Waals surface area contributed by atoms with Crippen LogP contribution in [-0.2, 0) is 29.1 Å². The number of cyclic esters (lactones) is 1. The summed E-state index contributed by atoms with van der Waals surface area (Å²) in [6.07, 6.45) is 3.08. The van der Waals surface area contributed by atoms with Crippen molar-refractivity contribution < 1.29 is 28.6 Å². The third-order valence-electron chi connectivity index (χ3n) is 5.43. The number of carbonyl (C=O) groups excluding carboxylic acids is 2. The first kappa shape index (κ1) is 22.3. The maximum Gasteiger partial charge on any atom is 0.342 e. The molecular formula is C24H26FNO5. The lowest BCUT2D eigenvalue weighted by Gasteiger charge is -2.15. The van der Waals surface area contributed by atoms with Gasteiger partial charge < -0.3 is 19.9 Å². The molecule has 1 amide bonds. The molecular weight excluding hydrogens is 401 g/mol. The lowest BCUT2D eigenvalue weighted by atomic mass is 9.94. The number of amides is 1. The number of phenols is 1. The highest BCUT2D eigenvalue weighted by Crippen LogP contribution is 2.42. The topological polar surface area (TPSA) is 84.9 Å². The smallest absolute Gasteiger partial charge is 0.342 e. The zero-order valence-corrected chi connectivity index (χ0v) is 17.9. The van der Waals surface area contributed by atoms with Crippen LogP contribution in [0.4, 0.5) is 4.39 Å². The molecule has 6 nitrogen and oxygen atoms in total. The number of phenolic OH excluding ortho intramolecular Hbond substituents is 1. The summed E-state index contributed by atoms with van der Waals surface area (Å²) in [7, 11) is 1.52. The quantitative estimate of drug-likeness (QED) is 0.489. The van der Waals surface area contributed by atoms with Gasteiger partial charge in [-0.05, 0) is 49.9 Å². The number of fused-ring (bicyclic) bond motifs is 1. The third-order valence-corrected chi connectivity index (χ3v) is 5.43. The predicted molar refractivity (Wildman–Crippen MR) is 113 cm³/mol. The van der Waals surface area contributed by atoms with Crippen LogP contribution in [0.2, 0.25) is 0 Å². The Kier molecular flexibility index (Phi) is 6.95. The number of rotatable bonds is 8. The van der Waals surface area contributed by atoms with E-state index in [1.165, 1.54) is 19.2 Å². The van der Waals surface area contributed by atoms with Crippen molar-refractivity contribution in [1.29, 1.82) is 0 Å². The van der Waals surface area contributed by atoms with Gasteiger partial charge in [0.25, 0.3) is 0 Å². The molecule has 0 saturated carbocycles. The molecule has 7 heteroatoms. The van der Waals surface area contributed by atoms with E-state index >= 15 is 0 Å². The molecule has 164 valence electrons. The SMILES string of the molecule is COc1c(C)c2c(c(O)c1C/C=C(\C)CCC(=O)NCc1cccc(F)c1)C(=O)OC2. The molecule has 1 aliphatic heterocycles. The van der Waals surface area contributed by atoms with Gasteiger partial charge in [0.1, 0.15) is 29.5 Å². The molecule has 3 rings (SSSR count). The lowest BCUT2D eigenvalue weighted by Crippen LogP contribution is -2.22. The van der Waals surface area contributed by atoms with Crippen LogP contribution < -0.4 is 10.1 Å². The zero-order valence-electron chi connectivity index (χ0n) is 17.9. The summed E-state index contributed by atoms with van der Waals surface area (Å²) in [6, 6.07) is 6.11. The summed E-state index contributed by atoms with van der Waals surface area (Å²) in [5, 5.41) is 13.4. The molecule has 0 fully saturated rings. The molecule has 2 aromatic rings. The highest BCUT2D eigenvalue weighted by molar-refractivity contribution is 5.98. The number of methoxy groups -OCH3 is 1. The second kappa shape index (κ2) is 9.64. The molecule has 1 aliphatic rings. The van der Waals surface area contributed by atoms with Gasteiger partial charge >= 0.3 is 5.97 Å². The minimum atomic E-state index is -0.532. The van der Waals surface area contributed by atoms with Gasteiger partial charge in [0.2, 0.25) is 5.91 Å². The molecule has 0 saturated heterocycles. The standard InChI is InChI=1S/C24H26FNO5/c1-14(8-10-20(27)26-12-16-5-4-6-17(25)11-16)7-9-18-22(28)21-19(13-31-24(21)29)15(2)23(18)30-3/h4-7,11,28H,8-10,12-13H2,1-3H3,(H,26,27)/b14-7+. The summed E-state index contributed by atoms with van der Waals surface area (Å²) in [6.45, 7) is 4.14. The van der Waals surface area contributed by atoms with Crippen molar-refractivity contribution in [3.63, 3.8) is 0 Å². The minimum Gasteiger partial charge on any atom is -0.507 e. The maximum absolute atomic E-state index is 13.2. The molecule has 1 heterocycles. The largest absolute Gasteiger partial charge is 0.507 e. The van der Waals surface area contributed by atoms with Gasteiger partial charge in [-0.25, -0.2) is 9.18 Å². The molecule has 2 aromatic carbocycles. The molecule has 0 unspecified atom stereocenters. The van der Waals surface area contributed by atoms with E-state index in [4.69, 9.17) is 9.47 Å². The fourth-order valence-electron chi connectivity index (χ4n) is 3.65. The van der Waals surface area contributed by atoms with Crippen LogP contribution in [0.25, 0.3) is 0 Å². The van der Waals surface area contributed by atoms with Crippen molar-refractivity contribution in [2.75, 3.05) is 7.11 Å². The fraction of sp³-hybridized carbons (Fsp3) is 0.333. The number of halogens is 1. The lowest BCUT2D eigenvalue weighted by molar-refractivity contribution is -0.121. The fourth-order valence-corrected chi connectivity index (χ4v) is 3.65. The molecule has 0 aliphatic carbocycles. The molecule has 0 spiro atoms. The average molecular weight is 427 g/mol. The van der Waals surface area contributed by atoms with E-state index in [-0.39, 0.29) is 42.6 Å². The van der Waals surface area contributed by atoms with E-state index < -0.39 is 5.97 Å². The van der Waals surface area contributed by atoms with Crippen LogP contribution in [0.1, 0.15) is 52.4 Å². The summed E-state index contributed by atoms with van der Waals surface area (Å²) in [5.41, 5.74) is 3.82. The molecule has 31 heavy (non-hydrogen) atoms. The van der Waals surface area contributed by atoms with E-state index in [0.717, 1.165) is 11.1 Å². The van der Waals surface area contributed by atoms with Crippen molar-refractivity contribution in [1.82, 2.24) is 5.32 Å². The summed E-state index contributed by atoms with van der Waals surface area (Å²) < 4.78 is 23.7. The monoisotopic (exact) mass is 427 g/mol. The summed E-state index contributed by atoms with van der Waals surface area (Å²) in [4.78, 5) is 24.1. The normalized spacial score (nSPS) is 13.0. The molecule has 0 bridgehead atoms. The van der Waals surface area contributed by atoms with Crippen LogP contribution in [0.15, 0.2) is 35.9 Å². The summed E-state index contributed by atoms with van der Waals surface area (Å²) in [5.74, 6) is -0.578. The minimum absolute atomic E-state index is 0.114. The van der Waals surface area contributed by atoms with Crippen molar-refractivity contribution in [2.24, 2.45) is 0 Å². The Morgan fingerprint density at radius 3 is 2.84 bits per heavy atom. The van der Waals surface area contributed by atoms with Gasteiger partial charge in [-0.1, -0.05) is 23.8 Å². The van der Waals surface area contributed by atoms with Crippen LogP contribution >= 0.6 is 0 Å². The van der Waals surface area contributed by atoms with Crippen molar-refractivity contribution in [3.8, 4) is 11.5 Å². The van der Waals surface area contributed by atoms with E-state index in [1.54, 1.807) is 12.1 Å². The Hall–Kier alpha value is -3.35. The number of ether oxygens (including phenoxy) is 2.